The highest BCUT2D eigenvalue weighted by Gasteiger charge is 2.19. The average molecular weight is 311 g/mol. The van der Waals surface area contributed by atoms with Crippen LogP contribution < -0.4 is 16.4 Å². The van der Waals surface area contributed by atoms with Crippen molar-refractivity contribution < 1.29 is 18.4 Å². The number of amides is 3. The maximum atomic E-state index is 13.0. The minimum atomic E-state index is -2.93. The first-order valence-corrected chi connectivity index (χ1v) is 6.59. The molecule has 2 rings (SSSR count). The second-order valence-electron chi connectivity index (χ2n) is 4.55. The minimum Gasteiger partial charge on any atom is -0.364 e. The summed E-state index contributed by atoms with van der Waals surface area (Å²) in [5.41, 5.74) is 5.20. The van der Waals surface area contributed by atoms with E-state index < -0.39 is 18.5 Å². The fourth-order valence-corrected chi connectivity index (χ4v) is 1.96. The molecule has 0 radical (unpaired) electrons. The highest BCUT2D eigenvalue weighted by molar-refractivity contribution is 6.05. The molecule has 0 spiro atoms. The first-order valence-electron chi connectivity index (χ1n) is 6.59. The number of carbonyl (C=O) groups excluding carboxylic acids is 2. The zero-order chi connectivity index (χ0) is 16.3. The van der Waals surface area contributed by atoms with E-state index in [1.807, 2.05) is 6.92 Å². The molecular formula is C13H15F2N5O2. The molecule has 0 fully saturated rings. The summed E-state index contributed by atoms with van der Waals surface area (Å²) in [6.07, 6.45) is 0.770. The van der Waals surface area contributed by atoms with Crippen LogP contribution in [0, 0.1) is 0 Å². The number of nitrogens with zero attached hydrogens (tertiary/aromatic N) is 2. The van der Waals surface area contributed by atoms with Gasteiger partial charge < -0.3 is 16.4 Å². The van der Waals surface area contributed by atoms with Crippen LogP contribution in [0.1, 0.15) is 30.4 Å². The number of nitrogens with one attached hydrogen (secondary N) is 2. The summed E-state index contributed by atoms with van der Waals surface area (Å²) in [4.78, 5) is 22.8. The van der Waals surface area contributed by atoms with Gasteiger partial charge in [-0.3, -0.25) is 4.79 Å². The zero-order valence-corrected chi connectivity index (χ0v) is 11.8. The Labute approximate surface area is 124 Å². The number of primary amides is 1. The number of nitrogens with two attached hydrogens (primary N) is 1. The van der Waals surface area contributed by atoms with Crippen LogP contribution >= 0.6 is 0 Å². The Kier molecular flexibility index (Phi) is 4.54. The van der Waals surface area contributed by atoms with Gasteiger partial charge in [0, 0.05) is 17.6 Å². The van der Waals surface area contributed by atoms with E-state index in [4.69, 9.17) is 5.73 Å². The van der Waals surface area contributed by atoms with Gasteiger partial charge in [-0.25, -0.2) is 9.48 Å². The largest absolute Gasteiger partial charge is 0.364 e. The van der Waals surface area contributed by atoms with Gasteiger partial charge in [0.05, 0.1) is 5.52 Å². The third-order valence-electron chi connectivity index (χ3n) is 2.92. The predicted octanol–water partition coefficient (Wildman–Crippen LogP) is 2.06. The standard InChI is InChI=1S/C13H15F2N5O2/c1-2-5-17-13(22)18-7-3-4-8-9(6-7)20(12(14)15)19-10(8)11(16)21/h3-4,6,12H,2,5H2,1H3,(H2,16,21)(H2,17,18,22). The van der Waals surface area contributed by atoms with Gasteiger partial charge in [0.15, 0.2) is 5.69 Å². The van der Waals surface area contributed by atoms with E-state index in [-0.39, 0.29) is 16.6 Å². The number of urea groups is 1. The molecule has 2 aromatic rings. The normalized spacial score (nSPS) is 10.9. The Morgan fingerprint density at radius 1 is 1.41 bits per heavy atom. The molecule has 9 heteroatoms. The summed E-state index contributed by atoms with van der Waals surface area (Å²) >= 11 is 0. The molecule has 7 nitrogen and oxygen atoms in total. The number of hydrogen-bond donors (Lipinski definition) is 3. The van der Waals surface area contributed by atoms with E-state index in [0.29, 0.717) is 16.9 Å². The smallest absolute Gasteiger partial charge is 0.333 e. The molecule has 0 saturated carbocycles. The van der Waals surface area contributed by atoms with E-state index in [1.54, 1.807) is 0 Å². The first kappa shape index (κ1) is 15.7. The Hall–Kier alpha value is -2.71. The summed E-state index contributed by atoms with van der Waals surface area (Å²) in [5, 5.41) is 8.84. The Morgan fingerprint density at radius 3 is 2.73 bits per heavy atom. The molecule has 4 N–H and O–H groups in total. The number of alkyl halides is 2. The summed E-state index contributed by atoms with van der Waals surface area (Å²) in [5.74, 6) is -0.897. The third-order valence-corrected chi connectivity index (χ3v) is 2.92. The maximum absolute atomic E-state index is 13.0. The van der Waals surface area contributed by atoms with Gasteiger partial charge in [-0.1, -0.05) is 6.92 Å². The van der Waals surface area contributed by atoms with Crippen molar-refractivity contribution in [1.29, 1.82) is 0 Å². The number of anilines is 1. The lowest BCUT2D eigenvalue weighted by Crippen LogP contribution is -2.29. The quantitative estimate of drug-likeness (QED) is 0.787. The number of fused-ring (bicyclic) bond motifs is 1. The molecule has 3 amide bonds. The maximum Gasteiger partial charge on any atom is 0.333 e. The van der Waals surface area contributed by atoms with Crippen molar-refractivity contribution in [3.8, 4) is 0 Å². The number of benzene rings is 1. The molecule has 1 aromatic carbocycles. The van der Waals surface area contributed by atoms with Crippen LogP contribution in [-0.2, 0) is 0 Å². The van der Waals surface area contributed by atoms with Crippen molar-refractivity contribution in [2.24, 2.45) is 5.73 Å². The Morgan fingerprint density at radius 2 is 2.14 bits per heavy atom. The lowest BCUT2D eigenvalue weighted by Gasteiger charge is -2.07. The summed E-state index contributed by atoms with van der Waals surface area (Å²) in [6, 6.07) is 3.76. The minimum absolute atomic E-state index is 0.0112. The Balaban J connectivity index is 2.38. The van der Waals surface area contributed by atoms with Gasteiger partial charge in [-0.2, -0.15) is 13.9 Å². The molecule has 118 valence electrons. The van der Waals surface area contributed by atoms with Crippen molar-refractivity contribution >= 4 is 28.5 Å². The number of rotatable bonds is 5. The van der Waals surface area contributed by atoms with Crippen LogP contribution in [0.5, 0.6) is 0 Å². The molecule has 1 heterocycles. The molecule has 0 saturated heterocycles. The van der Waals surface area contributed by atoms with Gasteiger partial charge in [0.1, 0.15) is 0 Å². The van der Waals surface area contributed by atoms with Crippen LogP contribution in [-0.4, -0.2) is 28.3 Å². The van der Waals surface area contributed by atoms with Crippen LogP contribution in [0.2, 0.25) is 0 Å². The van der Waals surface area contributed by atoms with Gasteiger partial charge in [0.2, 0.25) is 0 Å². The second-order valence-corrected chi connectivity index (χ2v) is 4.55. The SMILES string of the molecule is CCCNC(=O)Nc1ccc2c(C(N)=O)nn(C(F)F)c2c1. The van der Waals surface area contributed by atoms with E-state index in [0.717, 1.165) is 6.42 Å². The molecule has 1 aromatic heterocycles. The third kappa shape index (κ3) is 3.13. The lowest BCUT2D eigenvalue weighted by molar-refractivity contribution is 0.0609. The number of hydrogen-bond acceptors (Lipinski definition) is 3. The van der Waals surface area contributed by atoms with Gasteiger partial charge in [-0.05, 0) is 24.6 Å². The van der Waals surface area contributed by atoms with Gasteiger partial charge >= 0.3 is 12.6 Å². The van der Waals surface area contributed by atoms with Crippen molar-refractivity contribution in [2.45, 2.75) is 19.9 Å². The molecule has 0 bridgehead atoms. The van der Waals surface area contributed by atoms with Crippen molar-refractivity contribution in [3.05, 3.63) is 23.9 Å². The van der Waals surface area contributed by atoms with E-state index in [9.17, 15) is 18.4 Å². The summed E-state index contributed by atoms with van der Waals surface area (Å²) in [7, 11) is 0. The predicted molar refractivity (Wildman–Crippen MR) is 76.8 cm³/mol. The molecular weight excluding hydrogens is 296 g/mol. The van der Waals surface area contributed by atoms with Crippen molar-refractivity contribution in [1.82, 2.24) is 15.1 Å². The molecule has 22 heavy (non-hydrogen) atoms. The monoisotopic (exact) mass is 311 g/mol. The highest BCUT2D eigenvalue weighted by Crippen LogP contribution is 2.26. The first-order chi connectivity index (χ1) is 10.4. The summed E-state index contributed by atoms with van der Waals surface area (Å²) in [6.45, 7) is -0.534. The molecule has 0 unspecified atom stereocenters. The Bertz CT molecular complexity index is 714. The van der Waals surface area contributed by atoms with Crippen LogP contribution in [0.15, 0.2) is 18.2 Å². The van der Waals surface area contributed by atoms with E-state index in [1.165, 1.54) is 18.2 Å². The van der Waals surface area contributed by atoms with Crippen LogP contribution in [0.3, 0.4) is 0 Å². The zero-order valence-electron chi connectivity index (χ0n) is 11.8. The number of aromatic nitrogens is 2. The van der Waals surface area contributed by atoms with Crippen LogP contribution in [0.4, 0.5) is 19.3 Å². The summed E-state index contributed by atoms with van der Waals surface area (Å²) < 4.78 is 26.4. The van der Waals surface area contributed by atoms with Crippen molar-refractivity contribution in [3.63, 3.8) is 0 Å². The van der Waals surface area contributed by atoms with E-state index >= 15 is 0 Å². The van der Waals surface area contributed by atoms with Gasteiger partial charge in [0.25, 0.3) is 5.91 Å². The molecule has 0 aliphatic heterocycles. The highest BCUT2D eigenvalue weighted by atomic mass is 19.3. The molecule has 0 aliphatic carbocycles. The van der Waals surface area contributed by atoms with E-state index in [2.05, 4.69) is 15.7 Å². The van der Waals surface area contributed by atoms with Crippen molar-refractivity contribution in [2.75, 3.05) is 11.9 Å². The fraction of sp³-hybridized carbons (Fsp3) is 0.308. The number of carbonyl (C=O) groups is 2. The second kappa shape index (κ2) is 6.37. The molecule has 0 atom stereocenters. The average Bonchev–Trinajstić information content (AvgIpc) is 2.84. The topological polar surface area (TPSA) is 102 Å². The van der Waals surface area contributed by atoms with Crippen LogP contribution in [0.25, 0.3) is 10.9 Å². The van der Waals surface area contributed by atoms with Gasteiger partial charge in [-0.15, -0.1) is 0 Å². The number of halogens is 2. The molecule has 0 aliphatic rings. The lowest BCUT2D eigenvalue weighted by atomic mass is 10.2. The fourth-order valence-electron chi connectivity index (χ4n) is 1.96.